The Kier molecular flexibility index (Phi) is 4.28. The zero-order valence-corrected chi connectivity index (χ0v) is 11.1. The zero-order valence-electron chi connectivity index (χ0n) is 11.1. The van der Waals surface area contributed by atoms with Gasteiger partial charge in [0.2, 0.25) is 0 Å². The Labute approximate surface area is 119 Å². The van der Waals surface area contributed by atoms with Crippen molar-refractivity contribution in [1.29, 1.82) is 5.26 Å². The Bertz CT molecular complexity index is 687. The van der Waals surface area contributed by atoms with Gasteiger partial charge in [-0.2, -0.15) is 10.4 Å². The van der Waals surface area contributed by atoms with Gasteiger partial charge in [-0.15, -0.1) is 0 Å². The van der Waals surface area contributed by atoms with E-state index in [0.717, 1.165) is 10.9 Å². The summed E-state index contributed by atoms with van der Waals surface area (Å²) in [5.41, 5.74) is -0.0654. The average Bonchev–Trinajstić information content (AvgIpc) is 2.92. The largest absolute Gasteiger partial charge is 0.462 e. The standard InChI is InChI=1S/C14H11F2N3O2/c1-2-21-14(20)11-8-18-19(12(11)13(15)16)10-5-3-9(7-17)4-6-10/h3-6,8,13H,2H2,1H3. The van der Waals surface area contributed by atoms with Gasteiger partial charge >= 0.3 is 5.97 Å². The van der Waals surface area contributed by atoms with Crippen molar-refractivity contribution >= 4 is 5.97 Å². The first-order valence-corrected chi connectivity index (χ1v) is 6.12. The summed E-state index contributed by atoms with van der Waals surface area (Å²) in [6, 6.07) is 7.85. The van der Waals surface area contributed by atoms with Gasteiger partial charge in [0.25, 0.3) is 6.43 Å². The number of hydrogen-bond acceptors (Lipinski definition) is 4. The SMILES string of the molecule is CCOC(=O)c1cnn(-c2ccc(C#N)cc2)c1C(F)F. The Morgan fingerprint density at radius 3 is 2.62 bits per heavy atom. The summed E-state index contributed by atoms with van der Waals surface area (Å²) < 4.78 is 32.2. The molecule has 1 aromatic heterocycles. The van der Waals surface area contributed by atoms with Crippen LogP contribution in [0.4, 0.5) is 8.78 Å². The lowest BCUT2D eigenvalue weighted by molar-refractivity contribution is 0.0514. The summed E-state index contributed by atoms with van der Waals surface area (Å²) in [5, 5.41) is 12.5. The minimum Gasteiger partial charge on any atom is -0.462 e. The van der Waals surface area contributed by atoms with Crippen LogP contribution in [0, 0.1) is 11.3 Å². The first-order chi connectivity index (χ1) is 10.1. The monoisotopic (exact) mass is 291 g/mol. The lowest BCUT2D eigenvalue weighted by atomic mass is 10.2. The number of carbonyl (C=O) groups excluding carboxylic acids is 1. The minimum atomic E-state index is -2.89. The van der Waals surface area contributed by atoms with Crippen molar-refractivity contribution in [2.75, 3.05) is 6.61 Å². The molecule has 7 heteroatoms. The maximum atomic E-state index is 13.2. The Balaban J connectivity index is 2.49. The first kappa shape index (κ1) is 14.7. The fourth-order valence-corrected chi connectivity index (χ4v) is 1.82. The van der Waals surface area contributed by atoms with Crippen molar-refractivity contribution < 1.29 is 18.3 Å². The van der Waals surface area contributed by atoms with Gasteiger partial charge in [0.15, 0.2) is 0 Å². The van der Waals surface area contributed by atoms with E-state index >= 15 is 0 Å². The number of alkyl halides is 2. The maximum absolute atomic E-state index is 13.2. The smallest absolute Gasteiger partial charge is 0.341 e. The van der Waals surface area contributed by atoms with Crippen molar-refractivity contribution in [3.05, 3.63) is 47.3 Å². The van der Waals surface area contributed by atoms with Crippen LogP contribution in [0.3, 0.4) is 0 Å². The van der Waals surface area contributed by atoms with Gasteiger partial charge in [0.05, 0.1) is 30.1 Å². The molecule has 0 aliphatic rings. The Morgan fingerprint density at radius 1 is 1.43 bits per heavy atom. The number of carbonyl (C=O) groups is 1. The van der Waals surface area contributed by atoms with Crippen LogP contribution < -0.4 is 0 Å². The summed E-state index contributed by atoms with van der Waals surface area (Å²) in [6.45, 7) is 1.68. The zero-order chi connectivity index (χ0) is 15.4. The van der Waals surface area contributed by atoms with E-state index < -0.39 is 18.1 Å². The summed E-state index contributed by atoms with van der Waals surface area (Å²) in [7, 11) is 0. The number of hydrogen-bond donors (Lipinski definition) is 0. The molecule has 0 unspecified atom stereocenters. The fraction of sp³-hybridized carbons (Fsp3) is 0.214. The number of nitrogens with zero attached hydrogens (tertiary/aromatic N) is 3. The van der Waals surface area contributed by atoms with Crippen molar-refractivity contribution in [1.82, 2.24) is 9.78 Å². The average molecular weight is 291 g/mol. The molecular formula is C14H11F2N3O2. The first-order valence-electron chi connectivity index (χ1n) is 6.12. The van der Waals surface area contributed by atoms with Gasteiger partial charge in [-0.25, -0.2) is 18.3 Å². The van der Waals surface area contributed by atoms with E-state index in [-0.39, 0.29) is 12.2 Å². The predicted octanol–water partition coefficient (Wildman–Crippen LogP) is 2.86. The summed E-state index contributed by atoms with van der Waals surface area (Å²) >= 11 is 0. The molecule has 108 valence electrons. The minimum absolute atomic E-state index is 0.0869. The Hall–Kier alpha value is -2.75. The van der Waals surface area contributed by atoms with Crippen molar-refractivity contribution in [3.63, 3.8) is 0 Å². The van der Waals surface area contributed by atoms with Crippen LogP contribution in [0.15, 0.2) is 30.5 Å². The van der Waals surface area contributed by atoms with Crippen molar-refractivity contribution in [2.45, 2.75) is 13.3 Å². The molecule has 1 aromatic carbocycles. The molecule has 0 saturated carbocycles. The molecule has 5 nitrogen and oxygen atoms in total. The molecule has 2 rings (SSSR count). The lowest BCUT2D eigenvalue weighted by Crippen LogP contribution is -2.10. The molecule has 0 aliphatic heterocycles. The molecule has 0 bridgehead atoms. The molecule has 0 N–H and O–H groups in total. The summed E-state index contributed by atoms with van der Waals surface area (Å²) in [6.07, 6.45) is -1.83. The summed E-state index contributed by atoms with van der Waals surface area (Å²) in [4.78, 5) is 11.7. The van der Waals surface area contributed by atoms with E-state index in [9.17, 15) is 13.6 Å². The number of ether oxygens (including phenoxy) is 1. The molecule has 0 atom stereocenters. The highest BCUT2D eigenvalue weighted by Gasteiger charge is 2.26. The Morgan fingerprint density at radius 2 is 2.10 bits per heavy atom. The number of esters is 1. The molecule has 1 heterocycles. The quantitative estimate of drug-likeness (QED) is 0.812. The fourth-order valence-electron chi connectivity index (χ4n) is 1.82. The van der Waals surface area contributed by atoms with Crippen LogP contribution in [0.25, 0.3) is 5.69 Å². The van der Waals surface area contributed by atoms with Crippen LogP contribution in [-0.4, -0.2) is 22.4 Å². The molecule has 0 spiro atoms. The van der Waals surface area contributed by atoms with Gasteiger partial charge in [-0.05, 0) is 31.2 Å². The molecule has 0 aliphatic carbocycles. The molecule has 0 fully saturated rings. The third kappa shape index (κ3) is 2.89. The molecule has 2 aromatic rings. The highest BCUT2D eigenvalue weighted by molar-refractivity contribution is 5.90. The number of halogens is 2. The molecule has 0 saturated heterocycles. The van der Waals surface area contributed by atoms with Crippen molar-refractivity contribution in [3.8, 4) is 11.8 Å². The van der Waals surface area contributed by atoms with Gasteiger partial charge in [0.1, 0.15) is 11.3 Å². The topological polar surface area (TPSA) is 67.9 Å². The number of aromatic nitrogens is 2. The van der Waals surface area contributed by atoms with Crippen LogP contribution in [0.5, 0.6) is 0 Å². The highest BCUT2D eigenvalue weighted by atomic mass is 19.3. The van der Waals surface area contributed by atoms with Crippen LogP contribution >= 0.6 is 0 Å². The lowest BCUT2D eigenvalue weighted by Gasteiger charge is -2.08. The molecule has 0 amide bonds. The third-order valence-electron chi connectivity index (χ3n) is 2.75. The molecule has 21 heavy (non-hydrogen) atoms. The second-order valence-electron chi connectivity index (χ2n) is 4.04. The van der Waals surface area contributed by atoms with E-state index in [0.29, 0.717) is 11.3 Å². The van der Waals surface area contributed by atoms with E-state index in [1.807, 2.05) is 6.07 Å². The number of rotatable bonds is 4. The van der Waals surface area contributed by atoms with Crippen LogP contribution in [0.2, 0.25) is 0 Å². The number of nitriles is 1. The van der Waals surface area contributed by atoms with E-state index in [1.54, 1.807) is 6.92 Å². The molecular weight excluding hydrogens is 280 g/mol. The predicted molar refractivity (Wildman–Crippen MR) is 69.2 cm³/mol. The van der Waals surface area contributed by atoms with E-state index in [4.69, 9.17) is 10.00 Å². The highest BCUT2D eigenvalue weighted by Crippen LogP contribution is 2.26. The van der Waals surface area contributed by atoms with Crippen LogP contribution in [-0.2, 0) is 4.74 Å². The second-order valence-corrected chi connectivity index (χ2v) is 4.04. The second kappa shape index (κ2) is 6.13. The van der Waals surface area contributed by atoms with Crippen molar-refractivity contribution in [2.24, 2.45) is 0 Å². The third-order valence-corrected chi connectivity index (χ3v) is 2.75. The number of benzene rings is 1. The van der Waals surface area contributed by atoms with Gasteiger partial charge in [-0.1, -0.05) is 0 Å². The van der Waals surface area contributed by atoms with Gasteiger partial charge in [0, 0.05) is 0 Å². The van der Waals surface area contributed by atoms with Crippen LogP contribution in [0.1, 0.15) is 35.0 Å². The van der Waals surface area contributed by atoms with E-state index in [1.165, 1.54) is 24.3 Å². The normalized spacial score (nSPS) is 10.4. The summed E-state index contributed by atoms with van der Waals surface area (Å²) in [5.74, 6) is -0.840. The van der Waals surface area contributed by atoms with Gasteiger partial charge in [-0.3, -0.25) is 0 Å². The molecule has 0 radical (unpaired) electrons. The maximum Gasteiger partial charge on any atom is 0.341 e. The van der Waals surface area contributed by atoms with Gasteiger partial charge < -0.3 is 4.74 Å². The van der Waals surface area contributed by atoms with E-state index in [2.05, 4.69) is 5.10 Å².